The van der Waals surface area contributed by atoms with Crippen molar-refractivity contribution in [2.24, 2.45) is 11.3 Å². The van der Waals surface area contributed by atoms with Crippen molar-refractivity contribution < 1.29 is 29.0 Å². The number of aromatic nitrogens is 1. The molecule has 1 aromatic carbocycles. The fourth-order valence-corrected chi connectivity index (χ4v) is 6.22. The number of carbonyl (C=O) groups excluding carboxylic acids is 4. The number of benzene rings is 1. The number of H-pyrrole nitrogens is 1. The van der Waals surface area contributed by atoms with Gasteiger partial charge in [-0.1, -0.05) is 12.1 Å². The third-order valence-electron chi connectivity index (χ3n) is 8.22. The van der Waals surface area contributed by atoms with Crippen molar-refractivity contribution >= 4 is 34.4 Å². The average molecular weight is 509 g/mol. The highest BCUT2D eigenvalue weighted by atomic mass is 16.5. The lowest BCUT2D eigenvalue weighted by Gasteiger charge is -2.45. The lowest BCUT2D eigenvalue weighted by atomic mass is 9.61. The van der Waals surface area contributed by atoms with Gasteiger partial charge in [-0.15, -0.1) is 6.58 Å². The topological polar surface area (TPSA) is 141 Å². The summed E-state index contributed by atoms with van der Waals surface area (Å²) >= 11 is 0. The molecule has 196 valence electrons. The molecule has 6 rings (SSSR count). The number of amides is 3. The zero-order chi connectivity index (χ0) is 26.4. The van der Waals surface area contributed by atoms with Gasteiger partial charge in [0.2, 0.25) is 11.8 Å². The van der Waals surface area contributed by atoms with Gasteiger partial charge in [-0.05, 0) is 50.3 Å². The number of rotatable bonds is 9. The first-order chi connectivity index (χ1) is 17.8. The molecular formula is C27H32N4O6. The zero-order valence-electron chi connectivity index (χ0n) is 20.8. The average Bonchev–Trinajstić information content (AvgIpc) is 3.57. The van der Waals surface area contributed by atoms with Crippen molar-refractivity contribution in [2.45, 2.75) is 43.7 Å². The molecule has 2 bridgehead atoms. The van der Waals surface area contributed by atoms with Crippen molar-refractivity contribution in [3.05, 3.63) is 42.6 Å². The summed E-state index contributed by atoms with van der Waals surface area (Å²) in [6.45, 7) is 4.10. The third-order valence-corrected chi connectivity index (χ3v) is 8.22. The highest BCUT2D eigenvalue weighted by Crippen LogP contribution is 2.60. The minimum atomic E-state index is -1.14. The van der Waals surface area contributed by atoms with Crippen LogP contribution in [-0.4, -0.2) is 76.9 Å². The Bertz CT molecular complexity index is 1280. The summed E-state index contributed by atoms with van der Waals surface area (Å²) in [5, 5.41) is 15.9. The number of aliphatic hydroxyl groups excluding tert-OH is 1. The fourth-order valence-electron chi connectivity index (χ4n) is 6.22. The van der Waals surface area contributed by atoms with E-state index in [0.717, 1.165) is 17.3 Å². The predicted octanol–water partition coefficient (Wildman–Crippen LogP) is 1.30. The van der Waals surface area contributed by atoms with Gasteiger partial charge in [0.1, 0.15) is 23.6 Å². The Morgan fingerprint density at radius 1 is 1.35 bits per heavy atom. The smallest absolute Gasteiger partial charge is 0.271 e. The number of ether oxygens (including phenoxy) is 1. The van der Waals surface area contributed by atoms with Crippen LogP contribution in [-0.2, 0) is 14.4 Å². The van der Waals surface area contributed by atoms with E-state index in [9.17, 15) is 24.3 Å². The van der Waals surface area contributed by atoms with Gasteiger partial charge in [0.15, 0.2) is 5.78 Å². The molecule has 4 N–H and O–H groups in total. The summed E-state index contributed by atoms with van der Waals surface area (Å²) < 4.78 is 5.41. The molecule has 0 radical (unpaired) electrons. The Kier molecular flexibility index (Phi) is 6.31. The maximum atomic E-state index is 13.7. The standard InChI is InChI=1S/C27H32N4O6/c1-3-26-13-27(14-26,25(36)30-19(21(33)12-32)10-16-6-5-9-28-23(16)34)31(15-26)24(35)20-11-17-18(29-20)7-4-8-22(17)37-2/h3-4,7-8,11,16,19,29,32H,1,5-6,9-10,12-15H2,2H3,(H,28,34)(H,30,36)/t16-,19-,26?,27?/m0/s1. The first-order valence-electron chi connectivity index (χ1n) is 12.6. The van der Waals surface area contributed by atoms with E-state index in [0.29, 0.717) is 43.8 Å². The van der Waals surface area contributed by atoms with E-state index < -0.39 is 35.8 Å². The molecule has 37 heavy (non-hydrogen) atoms. The molecule has 3 amide bonds. The quantitative estimate of drug-likeness (QED) is 0.377. The number of fused-ring (bicyclic) bond motifs is 2. The van der Waals surface area contributed by atoms with Crippen LogP contribution in [0, 0.1) is 11.3 Å². The van der Waals surface area contributed by atoms with Crippen molar-refractivity contribution in [3.63, 3.8) is 0 Å². The summed E-state index contributed by atoms with van der Waals surface area (Å²) in [4.78, 5) is 57.0. The van der Waals surface area contributed by atoms with Crippen LogP contribution in [0.15, 0.2) is 36.9 Å². The fraction of sp³-hybridized carbons (Fsp3) is 0.481. The van der Waals surface area contributed by atoms with E-state index in [-0.39, 0.29) is 23.7 Å². The lowest BCUT2D eigenvalue weighted by Crippen LogP contribution is -2.63. The van der Waals surface area contributed by atoms with Gasteiger partial charge in [0, 0.05) is 35.3 Å². The summed E-state index contributed by atoms with van der Waals surface area (Å²) in [6, 6.07) is 6.18. The summed E-state index contributed by atoms with van der Waals surface area (Å²) in [6.07, 6.45) is 4.09. The van der Waals surface area contributed by atoms with Crippen LogP contribution < -0.4 is 15.4 Å². The first kappa shape index (κ1) is 25.0. The summed E-state index contributed by atoms with van der Waals surface area (Å²) in [7, 11) is 1.56. The Morgan fingerprint density at radius 2 is 2.14 bits per heavy atom. The van der Waals surface area contributed by atoms with E-state index in [2.05, 4.69) is 22.2 Å². The predicted molar refractivity (Wildman–Crippen MR) is 135 cm³/mol. The number of ketones is 1. The number of nitrogens with zero attached hydrogens (tertiary/aromatic N) is 1. The molecule has 4 fully saturated rings. The van der Waals surface area contributed by atoms with Crippen LogP contribution in [0.25, 0.3) is 10.9 Å². The van der Waals surface area contributed by atoms with E-state index in [4.69, 9.17) is 4.74 Å². The molecule has 1 aromatic heterocycles. The Morgan fingerprint density at radius 3 is 2.81 bits per heavy atom. The van der Waals surface area contributed by atoms with E-state index in [1.165, 1.54) is 0 Å². The molecule has 1 aliphatic carbocycles. The molecule has 0 spiro atoms. The van der Waals surface area contributed by atoms with Crippen molar-refractivity contribution in [3.8, 4) is 5.75 Å². The second-order valence-electron chi connectivity index (χ2n) is 10.5. The minimum absolute atomic E-state index is 0.107. The molecule has 0 unspecified atom stereocenters. The van der Waals surface area contributed by atoms with Gasteiger partial charge in [0.05, 0.1) is 13.2 Å². The number of carbonyl (C=O) groups is 4. The molecular weight excluding hydrogens is 476 g/mol. The molecule has 10 nitrogen and oxygen atoms in total. The molecule has 2 aromatic rings. The maximum Gasteiger partial charge on any atom is 0.271 e. The highest BCUT2D eigenvalue weighted by molar-refractivity contribution is 6.04. The largest absolute Gasteiger partial charge is 0.496 e. The van der Waals surface area contributed by atoms with Gasteiger partial charge in [-0.25, -0.2) is 0 Å². The highest BCUT2D eigenvalue weighted by Gasteiger charge is 2.69. The van der Waals surface area contributed by atoms with Crippen LogP contribution in [0.5, 0.6) is 5.75 Å². The van der Waals surface area contributed by atoms with Crippen LogP contribution in [0.2, 0.25) is 0 Å². The van der Waals surface area contributed by atoms with Gasteiger partial charge >= 0.3 is 0 Å². The van der Waals surface area contributed by atoms with Gasteiger partial charge in [-0.3, -0.25) is 19.2 Å². The Labute approximate surface area is 214 Å². The SMILES string of the molecule is C=CC12CN(C(=O)c3cc4c(OC)cccc4[nH]3)C(C(=O)N[C@@H](C[C@@H]3CCCNC3=O)C(=O)CO)(C1)C2. The lowest BCUT2D eigenvalue weighted by molar-refractivity contribution is -0.139. The monoisotopic (exact) mass is 508 g/mol. The van der Waals surface area contributed by atoms with Crippen LogP contribution in [0.1, 0.15) is 42.6 Å². The second-order valence-corrected chi connectivity index (χ2v) is 10.5. The van der Waals surface area contributed by atoms with E-state index >= 15 is 0 Å². The molecule has 4 heterocycles. The molecule has 3 saturated heterocycles. The maximum absolute atomic E-state index is 13.7. The van der Waals surface area contributed by atoms with E-state index in [1.54, 1.807) is 24.2 Å². The normalized spacial score (nSPS) is 27.2. The Hall–Kier alpha value is -3.66. The number of piperidine rings is 1. The second kappa shape index (κ2) is 9.33. The number of aromatic amines is 1. The third kappa shape index (κ3) is 4.09. The van der Waals surface area contributed by atoms with E-state index in [1.807, 2.05) is 18.2 Å². The Balaban J connectivity index is 1.40. The van der Waals surface area contributed by atoms with Gasteiger partial charge < -0.3 is 30.4 Å². The molecule has 3 aliphatic heterocycles. The van der Waals surface area contributed by atoms with Crippen LogP contribution >= 0.6 is 0 Å². The van der Waals surface area contributed by atoms with Crippen LogP contribution in [0.3, 0.4) is 0 Å². The first-order valence-corrected chi connectivity index (χ1v) is 12.6. The molecule has 1 saturated carbocycles. The number of aliphatic hydroxyl groups is 1. The molecule has 10 heteroatoms. The molecule has 4 aliphatic rings. The number of nitrogens with one attached hydrogen (secondary N) is 3. The van der Waals surface area contributed by atoms with Crippen LogP contribution in [0.4, 0.5) is 0 Å². The minimum Gasteiger partial charge on any atom is -0.496 e. The number of Topliss-reactive ketones (excluding diaryl/α,β-unsaturated/α-hetero) is 1. The van der Waals surface area contributed by atoms with Crippen molar-refractivity contribution in [1.82, 2.24) is 20.5 Å². The molecule has 2 atom stereocenters. The summed E-state index contributed by atoms with van der Waals surface area (Å²) in [5.74, 6) is -1.29. The number of hydrogen-bond acceptors (Lipinski definition) is 6. The zero-order valence-corrected chi connectivity index (χ0v) is 20.8. The number of methoxy groups -OCH3 is 1. The summed E-state index contributed by atoms with van der Waals surface area (Å²) in [5.41, 5.74) is -0.447. The van der Waals surface area contributed by atoms with Gasteiger partial charge in [0.25, 0.3) is 5.91 Å². The number of hydrogen-bond donors (Lipinski definition) is 4. The van der Waals surface area contributed by atoms with Crippen molar-refractivity contribution in [2.75, 3.05) is 26.8 Å². The van der Waals surface area contributed by atoms with Gasteiger partial charge in [-0.2, -0.15) is 0 Å². The van der Waals surface area contributed by atoms with Crippen molar-refractivity contribution in [1.29, 1.82) is 0 Å².